The van der Waals surface area contributed by atoms with Crippen molar-refractivity contribution in [1.29, 1.82) is 0 Å². The molecule has 4 N–H and O–H groups in total. The summed E-state index contributed by atoms with van der Waals surface area (Å²) in [4.78, 5) is 21.0. The number of carbonyl (C=O) groups is 1. The van der Waals surface area contributed by atoms with Crippen molar-refractivity contribution in [2.45, 2.75) is 32.4 Å². The maximum atomic E-state index is 11.8. The highest BCUT2D eigenvalue weighted by Gasteiger charge is 2.22. The molecule has 1 aliphatic heterocycles. The SMILES string of the molecule is CC[C@@H](C(N)=O)n1cc(-c2cc3c4c(c2)nc(-c2ccc5oc(N)nc5c2)n4CCCO3)cn1. The molecule has 0 bridgehead atoms. The average Bonchev–Trinajstić information content (AvgIpc) is 3.48. The van der Waals surface area contributed by atoms with Crippen LogP contribution in [-0.2, 0) is 11.3 Å². The Bertz CT molecular complexity index is 1560. The summed E-state index contributed by atoms with van der Waals surface area (Å²) in [6.45, 7) is 3.30. The summed E-state index contributed by atoms with van der Waals surface area (Å²) < 4.78 is 15.3. The summed E-state index contributed by atoms with van der Waals surface area (Å²) in [7, 11) is 0. The smallest absolute Gasteiger partial charge is 0.292 e. The molecule has 172 valence electrons. The van der Waals surface area contributed by atoms with Gasteiger partial charge in [-0.2, -0.15) is 10.1 Å². The number of benzene rings is 2. The number of imidazole rings is 1. The number of oxazole rings is 1. The van der Waals surface area contributed by atoms with E-state index in [0.29, 0.717) is 24.1 Å². The number of amides is 1. The van der Waals surface area contributed by atoms with Crippen molar-refractivity contribution in [1.82, 2.24) is 24.3 Å². The molecule has 0 unspecified atom stereocenters. The fraction of sp³-hybridized carbons (Fsp3) is 0.250. The van der Waals surface area contributed by atoms with Crippen LogP contribution in [0.5, 0.6) is 5.75 Å². The van der Waals surface area contributed by atoms with Gasteiger partial charge in [-0.05, 0) is 48.7 Å². The molecule has 0 saturated carbocycles. The highest BCUT2D eigenvalue weighted by Crippen LogP contribution is 2.38. The van der Waals surface area contributed by atoms with Gasteiger partial charge in [0.05, 0.1) is 18.3 Å². The summed E-state index contributed by atoms with van der Waals surface area (Å²) in [5.41, 5.74) is 17.0. The first kappa shape index (κ1) is 20.3. The Labute approximate surface area is 194 Å². The van der Waals surface area contributed by atoms with Gasteiger partial charge in [0.25, 0.3) is 6.01 Å². The van der Waals surface area contributed by atoms with Gasteiger partial charge in [0, 0.05) is 23.9 Å². The van der Waals surface area contributed by atoms with Crippen molar-refractivity contribution in [2.75, 3.05) is 12.3 Å². The summed E-state index contributed by atoms with van der Waals surface area (Å²) >= 11 is 0. The van der Waals surface area contributed by atoms with Crippen LogP contribution in [0.2, 0.25) is 0 Å². The normalized spacial score (nSPS) is 14.3. The molecular formula is C24H23N7O3. The molecule has 3 aromatic heterocycles. The summed E-state index contributed by atoms with van der Waals surface area (Å²) in [6, 6.07) is 9.43. The number of aromatic nitrogens is 5. The van der Waals surface area contributed by atoms with Crippen LogP contribution in [0.3, 0.4) is 0 Å². The number of hydrogen-bond acceptors (Lipinski definition) is 7. The molecule has 2 aromatic carbocycles. The Morgan fingerprint density at radius 2 is 2.00 bits per heavy atom. The summed E-state index contributed by atoms with van der Waals surface area (Å²) in [5, 5.41) is 4.38. The highest BCUT2D eigenvalue weighted by molar-refractivity contribution is 5.91. The number of aryl methyl sites for hydroxylation is 1. The lowest BCUT2D eigenvalue weighted by atomic mass is 10.1. The fourth-order valence-corrected chi connectivity index (χ4v) is 4.61. The third-order valence-electron chi connectivity index (χ3n) is 6.22. The molecule has 4 heterocycles. The number of rotatable bonds is 5. The van der Waals surface area contributed by atoms with Crippen molar-refractivity contribution in [2.24, 2.45) is 5.73 Å². The molecule has 1 aliphatic rings. The van der Waals surface area contributed by atoms with E-state index in [1.54, 1.807) is 10.9 Å². The molecular weight excluding hydrogens is 434 g/mol. The molecule has 0 fully saturated rings. The van der Waals surface area contributed by atoms with Crippen LogP contribution in [0.15, 0.2) is 47.1 Å². The number of hydrogen-bond donors (Lipinski definition) is 2. The molecule has 6 rings (SSSR count). The first-order chi connectivity index (χ1) is 16.5. The molecule has 10 heteroatoms. The average molecular weight is 457 g/mol. The topological polar surface area (TPSA) is 140 Å². The third-order valence-corrected chi connectivity index (χ3v) is 6.22. The lowest BCUT2D eigenvalue weighted by molar-refractivity contribution is -0.121. The second kappa shape index (κ2) is 7.62. The third kappa shape index (κ3) is 3.18. The van der Waals surface area contributed by atoms with Gasteiger partial charge in [0.1, 0.15) is 28.6 Å². The monoisotopic (exact) mass is 457 g/mol. The van der Waals surface area contributed by atoms with Gasteiger partial charge in [0.2, 0.25) is 5.91 Å². The predicted molar refractivity (Wildman–Crippen MR) is 127 cm³/mol. The van der Waals surface area contributed by atoms with Crippen molar-refractivity contribution >= 4 is 34.1 Å². The number of primary amides is 1. The number of fused-ring (bicyclic) bond motifs is 1. The largest absolute Gasteiger partial charge is 0.491 e. The maximum absolute atomic E-state index is 11.8. The maximum Gasteiger partial charge on any atom is 0.292 e. The number of carbonyl (C=O) groups excluding carboxylic acids is 1. The van der Waals surface area contributed by atoms with Crippen molar-refractivity contribution in [3.8, 4) is 28.3 Å². The van der Waals surface area contributed by atoms with Gasteiger partial charge in [-0.15, -0.1) is 0 Å². The highest BCUT2D eigenvalue weighted by atomic mass is 16.5. The zero-order valence-corrected chi connectivity index (χ0v) is 18.6. The van der Waals surface area contributed by atoms with Gasteiger partial charge in [0.15, 0.2) is 5.58 Å². The zero-order valence-electron chi connectivity index (χ0n) is 18.6. The van der Waals surface area contributed by atoms with E-state index in [2.05, 4.69) is 14.6 Å². The molecule has 34 heavy (non-hydrogen) atoms. The van der Waals surface area contributed by atoms with Crippen LogP contribution >= 0.6 is 0 Å². The van der Waals surface area contributed by atoms with Gasteiger partial charge in [-0.25, -0.2) is 4.98 Å². The number of nitrogens with zero attached hydrogens (tertiary/aromatic N) is 5. The van der Waals surface area contributed by atoms with Crippen molar-refractivity contribution in [3.05, 3.63) is 42.7 Å². The number of ether oxygens (including phenoxy) is 1. The Kier molecular flexibility index (Phi) is 4.54. The first-order valence-electron chi connectivity index (χ1n) is 11.2. The Balaban J connectivity index is 1.49. The minimum absolute atomic E-state index is 0.140. The van der Waals surface area contributed by atoms with Crippen LogP contribution in [0.25, 0.3) is 44.6 Å². The summed E-state index contributed by atoms with van der Waals surface area (Å²) in [6.07, 6.45) is 5.00. The van der Waals surface area contributed by atoms with Crippen molar-refractivity contribution in [3.63, 3.8) is 0 Å². The fourth-order valence-electron chi connectivity index (χ4n) is 4.61. The molecule has 0 radical (unpaired) electrons. The van der Waals surface area contributed by atoms with Gasteiger partial charge in [-0.3, -0.25) is 9.48 Å². The Morgan fingerprint density at radius 1 is 1.15 bits per heavy atom. The molecule has 5 aromatic rings. The number of nitrogens with two attached hydrogens (primary N) is 2. The van der Waals surface area contributed by atoms with E-state index in [4.69, 9.17) is 25.6 Å². The zero-order chi connectivity index (χ0) is 23.4. The predicted octanol–water partition coefficient (Wildman–Crippen LogP) is 3.51. The molecule has 0 saturated heterocycles. The van der Waals surface area contributed by atoms with E-state index < -0.39 is 11.9 Å². The van der Waals surface area contributed by atoms with E-state index in [1.165, 1.54) is 0 Å². The lowest BCUT2D eigenvalue weighted by Crippen LogP contribution is -2.26. The van der Waals surface area contributed by atoms with E-state index >= 15 is 0 Å². The number of nitrogen functional groups attached to an aromatic ring is 1. The minimum Gasteiger partial charge on any atom is -0.491 e. The minimum atomic E-state index is -0.485. The lowest BCUT2D eigenvalue weighted by Gasteiger charge is -2.10. The van der Waals surface area contributed by atoms with E-state index in [-0.39, 0.29) is 6.01 Å². The van der Waals surface area contributed by atoms with Crippen LogP contribution in [0, 0.1) is 0 Å². The second-order valence-corrected chi connectivity index (χ2v) is 8.40. The van der Waals surface area contributed by atoms with Crippen LogP contribution in [0.4, 0.5) is 6.01 Å². The Hall–Kier alpha value is -4.34. The van der Waals surface area contributed by atoms with E-state index in [9.17, 15) is 4.79 Å². The molecule has 0 aliphatic carbocycles. The molecule has 10 nitrogen and oxygen atoms in total. The second-order valence-electron chi connectivity index (χ2n) is 8.40. The van der Waals surface area contributed by atoms with Gasteiger partial charge < -0.3 is 25.2 Å². The summed E-state index contributed by atoms with van der Waals surface area (Å²) in [5.74, 6) is 1.19. The number of anilines is 1. The standard InChI is InChI=1S/C24H23N7O3/c1-2-18(22(25)32)31-12-15(11-27-31)14-9-17-21-20(10-14)33-7-3-6-30(21)23(28-17)13-4-5-19-16(8-13)29-24(26)34-19/h4-5,8-12,18H,2-3,6-7H2,1H3,(H2,25,32)(H2,26,29)/t18-/m0/s1. The van der Waals surface area contributed by atoms with Crippen LogP contribution in [0.1, 0.15) is 25.8 Å². The first-order valence-corrected chi connectivity index (χ1v) is 11.2. The molecule has 1 atom stereocenters. The Morgan fingerprint density at radius 3 is 2.82 bits per heavy atom. The van der Waals surface area contributed by atoms with Gasteiger partial charge in [-0.1, -0.05) is 6.92 Å². The van der Waals surface area contributed by atoms with Crippen molar-refractivity contribution < 1.29 is 13.9 Å². The van der Waals surface area contributed by atoms with E-state index in [1.807, 2.05) is 43.5 Å². The quantitative estimate of drug-likeness (QED) is 0.411. The molecule has 1 amide bonds. The van der Waals surface area contributed by atoms with Gasteiger partial charge >= 0.3 is 0 Å². The molecule has 0 spiro atoms. The van der Waals surface area contributed by atoms with Crippen LogP contribution in [-0.4, -0.2) is 36.8 Å². The van der Waals surface area contributed by atoms with E-state index in [0.717, 1.165) is 52.3 Å². The van der Waals surface area contributed by atoms with Crippen LogP contribution < -0.4 is 16.2 Å².